The summed E-state index contributed by atoms with van der Waals surface area (Å²) in [6, 6.07) is 6.60. The average molecular weight is 482 g/mol. The highest BCUT2D eigenvalue weighted by Gasteiger charge is 2.09. The molecule has 0 radical (unpaired) electrons. The van der Waals surface area contributed by atoms with Crippen molar-refractivity contribution in [1.29, 1.82) is 0 Å². The second kappa shape index (κ2) is 10.5. The van der Waals surface area contributed by atoms with Gasteiger partial charge in [-0.1, -0.05) is 12.1 Å². The summed E-state index contributed by atoms with van der Waals surface area (Å²) in [5.74, 6) is 0.839. The SMILES string of the molecule is CN=C(NCc1cccc(OC(F)F)c1)N(C)Cc1csc(C)n1.I. The van der Waals surface area contributed by atoms with E-state index in [2.05, 4.69) is 20.0 Å². The third-order valence-corrected chi connectivity index (χ3v) is 4.04. The maximum atomic E-state index is 12.3. The van der Waals surface area contributed by atoms with Gasteiger partial charge in [0.1, 0.15) is 5.75 Å². The van der Waals surface area contributed by atoms with E-state index in [1.54, 1.807) is 30.5 Å². The second-order valence-corrected chi connectivity index (χ2v) is 6.20. The third-order valence-electron chi connectivity index (χ3n) is 3.21. The predicted octanol–water partition coefficient (Wildman–Crippen LogP) is 3.88. The zero-order valence-corrected chi connectivity index (χ0v) is 17.3. The summed E-state index contributed by atoms with van der Waals surface area (Å²) in [7, 11) is 3.61. The van der Waals surface area contributed by atoms with Crippen molar-refractivity contribution in [2.75, 3.05) is 14.1 Å². The Labute approximate surface area is 167 Å². The van der Waals surface area contributed by atoms with Gasteiger partial charge in [-0.05, 0) is 24.6 Å². The molecule has 1 N–H and O–H groups in total. The zero-order valence-electron chi connectivity index (χ0n) is 14.2. The van der Waals surface area contributed by atoms with Gasteiger partial charge in [-0.2, -0.15) is 8.78 Å². The number of alkyl halides is 2. The van der Waals surface area contributed by atoms with Crippen LogP contribution in [0.4, 0.5) is 8.78 Å². The number of thiazole rings is 1. The van der Waals surface area contributed by atoms with Crippen LogP contribution < -0.4 is 10.1 Å². The van der Waals surface area contributed by atoms with Crippen LogP contribution in [0.15, 0.2) is 34.6 Å². The highest BCUT2D eigenvalue weighted by molar-refractivity contribution is 14.0. The number of aromatic nitrogens is 1. The van der Waals surface area contributed by atoms with Crippen molar-refractivity contribution >= 4 is 41.3 Å². The fourth-order valence-electron chi connectivity index (χ4n) is 2.20. The first-order valence-electron chi connectivity index (χ1n) is 7.34. The Kier molecular flexibility index (Phi) is 9.04. The Morgan fingerprint density at radius 2 is 2.20 bits per heavy atom. The smallest absolute Gasteiger partial charge is 0.387 e. The highest BCUT2D eigenvalue weighted by atomic mass is 127. The predicted molar refractivity (Wildman–Crippen MR) is 107 cm³/mol. The number of guanidine groups is 1. The van der Waals surface area contributed by atoms with Crippen molar-refractivity contribution in [1.82, 2.24) is 15.2 Å². The molecule has 0 bridgehead atoms. The molecular weight excluding hydrogens is 461 g/mol. The number of aryl methyl sites for hydroxylation is 1. The fourth-order valence-corrected chi connectivity index (χ4v) is 2.80. The lowest BCUT2D eigenvalue weighted by Crippen LogP contribution is -2.38. The Balaban J connectivity index is 0.00000312. The summed E-state index contributed by atoms with van der Waals surface area (Å²) < 4.78 is 28.9. The molecule has 5 nitrogen and oxygen atoms in total. The number of aliphatic imine (C=N–C) groups is 1. The molecule has 0 aliphatic rings. The summed E-state index contributed by atoms with van der Waals surface area (Å²) in [5.41, 5.74) is 1.81. The summed E-state index contributed by atoms with van der Waals surface area (Å²) >= 11 is 1.61. The maximum absolute atomic E-state index is 12.3. The molecule has 1 aromatic heterocycles. The number of hydrogen-bond donors (Lipinski definition) is 1. The van der Waals surface area contributed by atoms with Gasteiger partial charge in [0.05, 0.1) is 17.2 Å². The lowest BCUT2D eigenvalue weighted by Gasteiger charge is -2.21. The molecular formula is C16H21F2IN4OS. The van der Waals surface area contributed by atoms with E-state index < -0.39 is 6.61 Å². The van der Waals surface area contributed by atoms with E-state index in [0.29, 0.717) is 19.0 Å². The molecule has 0 fully saturated rings. The van der Waals surface area contributed by atoms with E-state index in [-0.39, 0.29) is 29.7 Å². The number of benzene rings is 1. The van der Waals surface area contributed by atoms with Crippen LogP contribution in [0, 0.1) is 6.92 Å². The second-order valence-electron chi connectivity index (χ2n) is 5.14. The largest absolute Gasteiger partial charge is 0.435 e. The molecule has 0 aliphatic heterocycles. The summed E-state index contributed by atoms with van der Waals surface area (Å²) in [6.07, 6.45) is 0. The standard InChI is InChI=1S/C16H20F2N4OS.HI/c1-11-21-13(10-24-11)9-22(3)16(19-2)20-8-12-5-4-6-14(7-12)23-15(17)18;/h4-7,10,15H,8-9H2,1-3H3,(H,19,20);1H. The summed E-state index contributed by atoms with van der Waals surface area (Å²) in [5, 5.41) is 6.24. The van der Waals surface area contributed by atoms with E-state index in [9.17, 15) is 8.78 Å². The molecule has 2 aromatic rings. The van der Waals surface area contributed by atoms with Crippen LogP contribution in [-0.4, -0.2) is 36.6 Å². The number of ether oxygens (including phenoxy) is 1. The molecule has 0 aliphatic carbocycles. The van der Waals surface area contributed by atoms with Crippen molar-refractivity contribution in [2.24, 2.45) is 4.99 Å². The average Bonchev–Trinajstić information content (AvgIpc) is 2.92. The van der Waals surface area contributed by atoms with Crippen LogP contribution >= 0.6 is 35.3 Å². The van der Waals surface area contributed by atoms with Gasteiger partial charge < -0.3 is 15.0 Å². The van der Waals surface area contributed by atoms with Gasteiger partial charge in [0.15, 0.2) is 5.96 Å². The minimum Gasteiger partial charge on any atom is -0.435 e. The van der Waals surface area contributed by atoms with Crippen LogP contribution in [0.3, 0.4) is 0 Å². The Hall–Kier alpha value is -1.49. The van der Waals surface area contributed by atoms with Crippen molar-refractivity contribution in [3.8, 4) is 5.75 Å². The highest BCUT2D eigenvalue weighted by Crippen LogP contribution is 2.16. The van der Waals surface area contributed by atoms with Gasteiger partial charge in [-0.25, -0.2) is 4.98 Å². The molecule has 138 valence electrons. The lowest BCUT2D eigenvalue weighted by molar-refractivity contribution is -0.0498. The fraction of sp³-hybridized carbons (Fsp3) is 0.375. The van der Waals surface area contributed by atoms with Crippen LogP contribution in [0.1, 0.15) is 16.3 Å². The summed E-state index contributed by atoms with van der Waals surface area (Å²) in [6.45, 7) is 0.232. The molecule has 2 rings (SSSR count). The first-order chi connectivity index (χ1) is 11.5. The van der Waals surface area contributed by atoms with Gasteiger partial charge in [0.2, 0.25) is 0 Å². The van der Waals surface area contributed by atoms with E-state index in [1.807, 2.05) is 30.3 Å². The number of nitrogens with one attached hydrogen (secondary N) is 1. The maximum Gasteiger partial charge on any atom is 0.387 e. The monoisotopic (exact) mass is 482 g/mol. The Morgan fingerprint density at radius 3 is 2.80 bits per heavy atom. The van der Waals surface area contributed by atoms with Gasteiger partial charge in [-0.3, -0.25) is 4.99 Å². The van der Waals surface area contributed by atoms with E-state index >= 15 is 0 Å². The molecule has 0 amide bonds. The van der Waals surface area contributed by atoms with Crippen LogP contribution in [-0.2, 0) is 13.1 Å². The normalized spacial score (nSPS) is 11.2. The molecule has 1 heterocycles. The number of hydrogen-bond acceptors (Lipinski definition) is 4. The van der Waals surface area contributed by atoms with E-state index in [0.717, 1.165) is 16.3 Å². The Bertz CT molecular complexity index is 696. The number of halogens is 3. The van der Waals surface area contributed by atoms with Crippen molar-refractivity contribution in [2.45, 2.75) is 26.6 Å². The van der Waals surface area contributed by atoms with Gasteiger partial charge in [-0.15, -0.1) is 35.3 Å². The van der Waals surface area contributed by atoms with Crippen molar-refractivity contribution in [3.63, 3.8) is 0 Å². The minimum absolute atomic E-state index is 0. The molecule has 0 saturated heterocycles. The van der Waals surface area contributed by atoms with Crippen LogP contribution in [0.2, 0.25) is 0 Å². The first-order valence-corrected chi connectivity index (χ1v) is 8.22. The van der Waals surface area contributed by atoms with Crippen molar-refractivity contribution < 1.29 is 13.5 Å². The molecule has 0 spiro atoms. The van der Waals surface area contributed by atoms with Crippen LogP contribution in [0.25, 0.3) is 0 Å². The summed E-state index contributed by atoms with van der Waals surface area (Å²) in [4.78, 5) is 10.6. The minimum atomic E-state index is -2.83. The molecule has 0 atom stereocenters. The molecule has 0 unspecified atom stereocenters. The Morgan fingerprint density at radius 1 is 1.44 bits per heavy atom. The van der Waals surface area contributed by atoms with Crippen molar-refractivity contribution in [3.05, 3.63) is 45.9 Å². The molecule has 25 heavy (non-hydrogen) atoms. The molecule has 0 saturated carbocycles. The number of nitrogens with zero attached hydrogens (tertiary/aromatic N) is 3. The van der Waals surface area contributed by atoms with Gasteiger partial charge >= 0.3 is 6.61 Å². The molecule has 1 aromatic carbocycles. The van der Waals surface area contributed by atoms with Crippen LogP contribution in [0.5, 0.6) is 5.75 Å². The molecule has 9 heteroatoms. The third kappa shape index (κ3) is 7.10. The van der Waals surface area contributed by atoms with Gasteiger partial charge in [0, 0.05) is 26.0 Å². The van der Waals surface area contributed by atoms with E-state index in [4.69, 9.17) is 0 Å². The van der Waals surface area contributed by atoms with E-state index in [1.165, 1.54) is 6.07 Å². The number of rotatable bonds is 6. The zero-order chi connectivity index (χ0) is 17.5. The first kappa shape index (κ1) is 21.6. The topological polar surface area (TPSA) is 49.8 Å². The quantitative estimate of drug-likeness (QED) is 0.386. The lowest BCUT2D eigenvalue weighted by atomic mass is 10.2. The van der Waals surface area contributed by atoms with Gasteiger partial charge in [0.25, 0.3) is 0 Å².